The number of hydrogen-bond acceptors (Lipinski definition) is 0. The van der Waals surface area contributed by atoms with E-state index < -0.39 is 10.0 Å². The van der Waals surface area contributed by atoms with E-state index in [-0.39, 0.29) is 0 Å². The number of halogens is 1. The first kappa shape index (κ1) is 18.1. The van der Waals surface area contributed by atoms with Gasteiger partial charge in [0.05, 0.1) is 0 Å². The molecule has 0 bridgehead atoms. The molecular weight excluding hydrogens is 412 g/mol. The highest BCUT2D eigenvalue weighted by Gasteiger charge is 2.32. The zero-order valence-electron chi connectivity index (χ0n) is 15.2. The minimum Gasteiger partial charge on any atom is -0.133 e. The van der Waals surface area contributed by atoms with Gasteiger partial charge in [0.15, 0.2) is 0 Å². The Kier molecular flexibility index (Phi) is 5.20. The third-order valence-corrected chi connectivity index (χ3v) is 9.18. The first-order valence-corrected chi connectivity index (χ1v) is 11.4. The Morgan fingerprint density at radius 1 is 0.481 bits per heavy atom. The number of rotatable bonds is 4. The molecule has 0 aromatic heterocycles. The second-order valence-corrected chi connectivity index (χ2v) is 10.5. The number of aryl methyl sites for hydroxylation is 1. The molecule has 0 saturated carbocycles. The van der Waals surface area contributed by atoms with E-state index in [0.29, 0.717) is 0 Å². The highest BCUT2D eigenvalue weighted by Crippen LogP contribution is 2.73. The van der Waals surface area contributed by atoms with E-state index in [9.17, 15) is 0 Å². The van der Waals surface area contributed by atoms with Crippen LogP contribution in [-0.4, -0.2) is 0 Å². The van der Waals surface area contributed by atoms with Crippen LogP contribution in [-0.2, 0) is 0 Å². The summed E-state index contributed by atoms with van der Waals surface area (Å²) >= 11 is 3.60. The van der Waals surface area contributed by atoms with Crippen LogP contribution in [0, 0.1) is 6.92 Å². The molecule has 4 aromatic rings. The van der Waals surface area contributed by atoms with Crippen molar-refractivity contribution in [3.63, 3.8) is 0 Å². The molecule has 0 atom stereocenters. The summed E-state index contributed by atoms with van der Waals surface area (Å²) in [5.74, 6) is 0. The van der Waals surface area contributed by atoms with E-state index in [0.717, 1.165) is 4.47 Å². The molecule has 134 valence electrons. The number of benzene rings is 4. The van der Waals surface area contributed by atoms with Crippen LogP contribution in [0.3, 0.4) is 0 Å². The second kappa shape index (κ2) is 7.75. The summed E-state index contributed by atoms with van der Waals surface area (Å²) in [6.45, 7) is 2.14. The van der Waals surface area contributed by atoms with E-state index in [2.05, 4.69) is 132 Å². The quantitative estimate of drug-likeness (QED) is 0.305. The van der Waals surface area contributed by atoms with Crippen molar-refractivity contribution in [1.29, 1.82) is 0 Å². The van der Waals surface area contributed by atoms with Crippen molar-refractivity contribution in [3.8, 4) is 0 Å². The van der Waals surface area contributed by atoms with E-state index >= 15 is 0 Å². The Bertz CT molecular complexity index is 920. The summed E-state index contributed by atoms with van der Waals surface area (Å²) in [5, 5.41) is 0. The fraction of sp³-hybridized carbons (Fsp3) is 0.0400. The van der Waals surface area contributed by atoms with Gasteiger partial charge in [0, 0.05) is 24.1 Å². The summed E-state index contributed by atoms with van der Waals surface area (Å²) in [6.07, 6.45) is 0. The van der Waals surface area contributed by atoms with Gasteiger partial charge in [0.1, 0.15) is 0 Å². The van der Waals surface area contributed by atoms with Gasteiger partial charge in [-0.2, -0.15) is 0 Å². The van der Waals surface area contributed by atoms with Crippen LogP contribution < -0.4 is 0 Å². The Labute approximate surface area is 171 Å². The molecule has 0 unspecified atom stereocenters. The maximum atomic E-state index is 3.60. The zero-order chi connectivity index (χ0) is 18.7. The van der Waals surface area contributed by atoms with Crippen LogP contribution in [0.15, 0.2) is 133 Å². The summed E-state index contributed by atoms with van der Waals surface area (Å²) in [5.41, 5.74) is 1.28. The lowest BCUT2D eigenvalue weighted by molar-refractivity contribution is 1.23. The third kappa shape index (κ3) is 3.36. The van der Waals surface area contributed by atoms with Crippen molar-refractivity contribution >= 4 is 26.0 Å². The fourth-order valence-corrected chi connectivity index (χ4v) is 7.56. The van der Waals surface area contributed by atoms with Crippen molar-refractivity contribution < 1.29 is 0 Å². The van der Waals surface area contributed by atoms with Crippen LogP contribution in [0.4, 0.5) is 0 Å². The molecular formula is C25H21BrS. The lowest BCUT2D eigenvalue weighted by atomic mass is 10.2. The molecule has 2 heteroatoms. The largest absolute Gasteiger partial charge is 0.133 e. The van der Waals surface area contributed by atoms with Gasteiger partial charge in [-0.15, -0.1) is 10.0 Å². The van der Waals surface area contributed by atoms with Gasteiger partial charge in [-0.05, 0) is 67.6 Å². The standard InChI is InChI=1S/C25H21BrS/c1-20-12-16-24(17-13-20)27(22-8-4-2-5-9-22,23-10-6-3-7-11-23)25-18-14-21(26)15-19-25/h2-19H,1H3. The van der Waals surface area contributed by atoms with Gasteiger partial charge >= 0.3 is 0 Å². The summed E-state index contributed by atoms with van der Waals surface area (Å²) in [7, 11) is -1.57. The Morgan fingerprint density at radius 2 is 0.852 bits per heavy atom. The highest BCUT2D eigenvalue weighted by molar-refractivity contribution is 9.10. The predicted molar refractivity (Wildman–Crippen MR) is 119 cm³/mol. The van der Waals surface area contributed by atoms with E-state index in [1.165, 1.54) is 25.1 Å². The Hall–Kier alpha value is -2.29. The van der Waals surface area contributed by atoms with E-state index in [1.54, 1.807) is 0 Å². The highest BCUT2D eigenvalue weighted by atomic mass is 79.9. The summed E-state index contributed by atoms with van der Waals surface area (Å²) in [6, 6.07) is 39.7. The molecule has 0 heterocycles. The molecule has 0 aliphatic carbocycles. The van der Waals surface area contributed by atoms with E-state index in [4.69, 9.17) is 0 Å². The molecule has 0 nitrogen and oxygen atoms in total. The molecule has 0 saturated heterocycles. The molecule has 0 radical (unpaired) electrons. The monoisotopic (exact) mass is 432 g/mol. The molecule has 0 aliphatic rings. The molecule has 0 fully saturated rings. The fourth-order valence-electron chi connectivity index (χ4n) is 3.45. The topological polar surface area (TPSA) is 0 Å². The predicted octanol–water partition coefficient (Wildman–Crippen LogP) is 8.10. The van der Waals surface area contributed by atoms with Crippen LogP contribution in [0.1, 0.15) is 5.56 Å². The van der Waals surface area contributed by atoms with Crippen molar-refractivity contribution in [2.75, 3.05) is 0 Å². The maximum Gasteiger partial charge on any atom is 0.0176 e. The van der Waals surface area contributed by atoms with Crippen LogP contribution in [0.25, 0.3) is 0 Å². The molecule has 0 amide bonds. The van der Waals surface area contributed by atoms with Crippen LogP contribution >= 0.6 is 26.0 Å². The SMILES string of the molecule is Cc1ccc(S(c2ccccc2)(c2ccccc2)c2ccc(Br)cc2)cc1. The first-order chi connectivity index (χ1) is 13.2. The van der Waals surface area contributed by atoms with Crippen LogP contribution in [0.2, 0.25) is 0 Å². The van der Waals surface area contributed by atoms with Crippen molar-refractivity contribution in [2.24, 2.45) is 0 Å². The summed E-state index contributed by atoms with van der Waals surface area (Å²) < 4.78 is 1.10. The second-order valence-electron chi connectivity index (χ2n) is 6.51. The van der Waals surface area contributed by atoms with Gasteiger partial charge < -0.3 is 0 Å². The van der Waals surface area contributed by atoms with Crippen molar-refractivity contribution in [3.05, 3.63) is 119 Å². The Morgan fingerprint density at radius 3 is 1.30 bits per heavy atom. The van der Waals surface area contributed by atoms with Gasteiger partial charge in [0.25, 0.3) is 0 Å². The minimum atomic E-state index is -1.57. The van der Waals surface area contributed by atoms with Crippen molar-refractivity contribution in [1.82, 2.24) is 0 Å². The molecule has 0 aliphatic heterocycles. The van der Waals surface area contributed by atoms with Gasteiger partial charge in [0.2, 0.25) is 0 Å². The summed E-state index contributed by atoms with van der Waals surface area (Å²) in [4.78, 5) is 5.39. The average molecular weight is 433 g/mol. The number of hydrogen-bond donors (Lipinski definition) is 0. The molecule has 27 heavy (non-hydrogen) atoms. The van der Waals surface area contributed by atoms with E-state index in [1.807, 2.05) is 0 Å². The molecule has 0 spiro atoms. The lowest BCUT2D eigenvalue weighted by Gasteiger charge is -2.42. The third-order valence-electron chi connectivity index (χ3n) is 4.74. The normalized spacial score (nSPS) is 11.9. The van der Waals surface area contributed by atoms with Gasteiger partial charge in [-0.25, -0.2) is 0 Å². The Balaban J connectivity index is 2.11. The molecule has 4 rings (SSSR count). The lowest BCUT2D eigenvalue weighted by Crippen LogP contribution is -2.05. The van der Waals surface area contributed by atoms with Crippen LogP contribution in [0.5, 0.6) is 0 Å². The van der Waals surface area contributed by atoms with Crippen molar-refractivity contribution in [2.45, 2.75) is 26.5 Å². The first-order valence-electron chi connectivity index (χ1n) is 8.97. The molecule has 0 N–H and O–H groups in total. The smallest absolute Gasteiger partial charge is 0.0176 e. The van der Waals surface area contributed by atoms with Gasteiger partial charge in [-0.1, -0.05) is 70.0 Å². The zero-order valence-corrected chi connectivity index (χ0v) is 17.6. The molecule has 4 aromatic carbocycles. The van der Waals surface area contributed by atoms with Gasteiger partial charge in [-0.3, -0.25) is 0 Å². The maximum absolute atomic E-state index is 3.60. The average Bonchev–Trinajstić information content (AvgIpc) is 2.73. The minimum absolute atomic E-state index is 1.10.